The minimum Gasteiger partial charge on any atom is -0.319 e. The maximum atomic E-state index is 12.9. The number of hydrogen-bond acceptors (Lipinski definition) is 15. The quantitative estimate of drug-likeness (QED) is 0.0308. The molecule has 0 aromatic heterocycles. The molecule has 1 saturated heterocycles. The monoisotopic (exact) mass is 1020 g/mol. The topological polar surface area (TPSA) is 260 Å². The predicted molar refractivity (Wildman–Crippen MR) is 259 cm³/mol. The van der Waals surface area contributed by atoms with Gasteiger partial charge in [0.1, 0.15) is 0 Å². The van der Waals surface area contributed by atoms with E-state index in [1.54, 1.807) is 24.3 Å². The van der Waals surface area contributed by atoms with Crippen LogP contribution >= 0.6 is 80.0 Å². The normalized spacial score (nSPS) is 16.2. The van der Waals surface area contributed by atoms with Gasteiger partial charge >= 0.3 is 21.4 Å². The molecule has 0 saturated carbocycles. The van der Waals surface area contributed by atoms with E-state index in [1.807, 2.05) is 66.6 Å². The van der Waals surface area contributed by atoms with Gasteiger partial charge < -0.3 is 60.9 Å². The maximum Gasteiger partial charge on any atom is 0.466 e. The van der Waals surface area contributed by atoms with Crippen LogP contribution in [-0.2, 0) is 22.7 Å². The number of rotatable bonds is 22. The molecule has 0 bridgehead atoms. The summed E-state index contributed by atoms with van der Waals surface area (Å²) in [4.78, 5) is 49.8. The third-order valence-electron chi connectivity index (χ3n) is 7.56. The van der Waals surface area contributed by atoms with Crippen LogP contribution in [0.1, 0.15) is 28.4 Å². The summed E-state index contributed by atoms with van der Waals surface area (Å²) >= 11 is 17.9. The maximum absolute atomic E-state index is 12.9. The molecule has 2 aromatic rings. The number of hydrogen-bond donors (Lipinski definition) is 12. The Morgan fingerprint density at radius 1 is 0.820 bits per heavy atom. The SMILES string of the molecule is C=CC(=O)c1cccc(Cl)c1.CNCC(CNC)CSP(=O)(O)O.CNCC(CNC)CSP1(=O)OCCC(c2cccc(Cl)c2)O1.CNCC(CS)CNC.O=P(O)(O)O. The Hall–Kier alpha value is -0.350. The fourth-order valence-corrected chi connectivity index (χ4v) is 11.3. The van der Waals surface area contributed by atoms with Crippen molar-refractivity contribution in [1.29, 1.82) is 0 Å². The second kappa shape index (κ2) is 36.8. The number of ketones is 1. The van der Waals surface area contributed by atoms with Gasteiger partial charge in [0.25, 0.3) is 0 Å². The molecule has 2 aromatic carbocycles. The Morgan fingerprint density at radius 3 is 1.67 bits per heavy atom. The van der Waals surface area contributed by atoms with Gasteiger partial charge in [0.05, 0.1) is 12.7 Å². The predicted octanol–water partition coefficient (Wildman–Crippen LogP) is 5.33. The smallest absolute Gasteiger partial charge is 0.319 e. The van der Waals surface area contributed by atoms with E-state index in [1.165, 1.54) is 17.5 Å². The molecule has 1 fully saturated rings. The van der Waals surface area contributed by atoms with Crippen LogP contribution in [0.15, 0.2) is 61.2 Å². The minimum absolute atomic E-state index is 0.104. The number of thiol groups is 1. The first-order chi connectivity index (χ1) is 28.6. The van der Waals surface area contributed by atoms with Crippen LogP contribution in [-0.4, -0.2) is 136 Å². The highest BCUT2D eigenvalue weighted by molar-refractivity contribution is 8.55. The van der Waals surface area contributed by atoms with E-state index in [-0.39, 0.29) is 17.8 Å². The number of halogens is 2. The molecule has 0 radical (unpaired) electrons. The van der Waals surface area contributed by atoms with Gasteiger partial charge in [-0.2, -0.15) is 12.6 Å². The molecule has 2 unspecified atom stereocenters. The summed E-state index contributed by atoms with van der Waals surface area (Å²) in [5, 5.41) is 19.7. The first kappa shape index (κ1) is 62.7. The van der Waals surface area contributed by atoms with E-state index in [2.05, 4.69) is 51.1 Å². The molecule has 0 amide bonds. The van der Waals surface area contributed by atoms with Crippen LogP contribution in [0.5, 0.6) is 0 Å². The summed E-state index contributed by atoms with van der Waals surface area (Å²) in [6.45, 7) is 2.08. The number of benzene rings is 2. The summed E-state index contributed by atoms with van der Waals surface area (Å²) < 4.78 is 43.6. The third kappa shape index (κ3) is 36.5. The van der Waals surface area contributed by atoms with Crippen molar-refractivity contribution < 1.29 is 52.0 Å². The molecule has 17 nitrogen and oxygen atoms in total. The molecule has 3 rings (SSSR count). The zero-order valence-corrected chi connectivity index (χ0v) is 42.3. The lowest BCUT2D eigenvalue weighted by Gasteiger charge is -2.30. The first-order valence-electron chi connectivity index (χ1n) is 18.9. The van der Waals surface area contributed by atoms with Crippen molar-refractivity contribution in [2.45, 2.75) is 12.5 Å². The first-order valence-corrected chi connectivity index (χ1v) is 28.2. The van der Waals surface area contributed by atoms with Gasteiger partial charge in [0.2, 0.25) is 0 Å². The molecule has 0 aliphatic carbocycles. The molecule has 11 N–H and O–H groups in total. The highest BCUT2D eigenvalue weighted by Crippen LogP contribution is 2.66. The van der Waals surface area contributed by atoms with E-state index < -0.39 is 21.4 Å². The van der Waals surface area contributed by atoms with Gasteiger partial charge in [-0.25, -0.2) is 13.7 Å². The lowest BCUT2D eigenvalue weighted by molar-refractivity contribution is 0.0922. The molecule has 25 heteroatoms. The van der Waals surface area contributed by atoms with E-state index in [0.29, 0.717) is 63.4 Å². The Bertz CT molecular complexity index is 1600. The fraction of sp³-hybridized carbons (Fsp3) is 0.583. The summed E-state index contributed by atoms with van der Waals surface area (Å²) in [5.41, 5.74) is 1.52. The second-order valence-electron chi connectivity index (χ2n) is 13.0. The Labute approximate surface area is 385 Å². The van der Waals surface area contributed by atoms with Crippen molar-refractivity contribution in [3.05, 3.63) is 82.4 Å². The molecule has 61 heavy (non-hydrogen) atoms. The molecule has 1 aliphatic rings. The zero-order chi connectivity index (χ0) is 46.9. The number of carbonyl (C=O) groups excluding carboxylic acids is 1. The second-order valence-corrected chi connectivity index (χ2v) is 23.1. The largest absolute Gasteiger partial charge is 0.466 e. The van der Waals surface area contributed by atoms with E-state index >= 15 is 0 Å². The molecule has 354 valence electrons. The average Bonchev–Trinajstić information content (AvgIpc) is 3.19. The number of allylic oxidation sites excluding steroid dienone is 1. The van der Waals surface area contributed by atoms with E-state index in [0.717, 1.165) is 50.6 Å². The van der Waals surface area contributed by atoms with Crippen molar-refractivity contribution >= 4 is 85.8 Å². The highest BCUT2D eigenvalue weighted by atomic mass is 35.5. The van der Waals surface area contributed by atoms with E-state index in [4.69, 9.17) is 61.3 Å². The molecular formula is C36H67Cl2N6O11P3S3. The summed E-state index contributed by atoms with van der Waals surface area (Å²) in [7, 11) is 6.77. The van der Waals surface area contributed by atoms with Gasteiger partial charge in [0.15, 0.2) is 5.78 Å². The Balaban J connectivity index is 0. The van der Waals surface area contributed by atoms with Crippen molar-refractivity contribution in [2.75, 3.05) is 105 Å². The van der Waals surface area contributed by atoms with Gasteiger partial charge in [0, 0.05) is 33.5 Å². The number of carbonyl (C=O) groups is 1. The van der Waals surface area contributed by atoms with Gasteiger partial charge in [-0.3, -0.25) is 9.32 Å². The van der Waals surface area contributed by atoms with Crippen molar-refractivity contribution in [1.82, 2.24) is 31.9 Å². The molecule has 0 spiro atoms. The molecule has 2 atom stereocenters. The van der Waals surface area contributed by atoms with Crippen molar-refractivity contribution in [2.24, 2.45) is 17.8 Å². The fourth-order valence-electron chi connectivity index (χ4n) is 4.98. The summed E-state index contributed by atoms with van der Waals surface area (Å²) in [5.74, 6) is 3.28. The zero-order valence-electron chi connectivity index (χ0n) is 35.5. The van der Waals surface area contributed by atoms with Crippen LogP contribution in [0.25, 0.3) is 0 Å². The average molecular weight is 1020 g/mol. The van der Waals surface area contributed by atoms with Crippen molar-refractivity contribution in [3.8, 4) is 0 Å². The van der Waals surface area contributed by atoms with E-state index in [9.17, 15) is 13.9 Å². The number of phosphoric acid groups is 1. The minimum atomic E-state index is -4.64. The Morgan fingerprint density at radius 2 is 1.26 bits per heavy atom. The van der Waals surface area contributed by atoms with Crippen LogP contribution in [0.4, 0.5) is 0 Å². The number of nitrogens with one attached hydrogen (secondary N) is 6. The summed E-state index contributed by atoms with van der Waals surface area (Å²) in [6, 6.07) is 14.3. The van der Waals surface area contributed by atoms with Gasteiger partial charge in [-0.15, -0.1) is 0 Å². The van der Waals surface area contributed by atoms with Gasteiger partial charge in [-0.1, -0.05) is 54.0 Å². The molecule has 1 aliphatic heterocycles. The lowest BCUT2D eigenvalue weighted by atomic mass is 10.1. The standard InChI is InChI=1S/C15H24ClN2O3PS.C9H7ClO.C6H17N2O3PS.C6H16N2S.H3O4P/c1-17-9-12(10-18-2)11-23-22(19)20-7-6-15(21-22)13-4-3-5-14(16)8-13;1-2-9(11)7-4-3-5-8(10)6-7;1-7-3-6(4-8-2)5-13-12(9,10)11;1-7-3-6(5-9)4-8-2;1-5(2,3)4/h3-5,8,12,15,17-18H,6-7,9-11H2,1-2H3;2-6H,1H2;6-8H,3-5H2,1-2H3,(H2,9,10,11);6-9H,3-5H2,1-2H3;(H3,1,2,3,4). The van der Waals surface area contributed by atoms with Crippen molar-refractivity contribution in [3.63, 3.8) is 0 Å². The molecular weight excluding hydrogens is 952 g/mol. The third-order valence-corrected chi connectivity index (χ3v) is 14.9. The molecule has 1 heterocycles. The van der Waals surface area contributed by atoms with Gasteiger partial charge in [-0.05, 0) is 164 Å². The van der Waals surface area contributed by atoms with Crippen LogP contribution < -0.4 is 31.9 Å². The van der Waals surface area contributed by atoms with Crippen LogP contribution in [0.2, 0.25) is 10.0 Å². The van der Waals surface area contributed by atoms with Crippen LogP contribution in [0.3, 0.4) is 0 Å². The highest BCUT2D eigenvalue weighted by Gasteiger charge is 2.35. The van der Waals surface area contributed by atoms with Crippen LogP contribution in [0, 0.1) is 17.8 Å². The Kier molecular flexibility index (Phi) is 37.9. The lowest BCUT2D eigenvalue weighted by Crippen LogP contribution is -2.29. The summed E-state index contributed by atoms with van der Waals surface area (Å²) in [6.07, 6.45) is 1.72.